The van der Waals surface area contributed by atoms with Crippen molar-refractivity contribution in [3.63, 3.8) is 0 Å². The van der Waals surface area contributed by atoms with Gasteiger partial charge in [-0.2, -0.15) is 0 Å². The zero-order valence-corrected chi connectivity index (χ0v) is 10.5. The number of para-hydroxylation sites is 1. The first-order valence-corrected chi connectivity index (χ1v) is 6.05. The third-order valence-electron chi connectivity index (χ3n) is 3.38. The predicted octanol–water partition coefficient (Wildman–Crippen LogP) is 3.43. The Hall–Kier alpha value is -2.09. The lowest BCUT2D eigenvalue weighted by molar-refractivity contribution is 0.0735. The smallest absolute Gasteiger partial charge is 0.343 e. The van der Waals surface area contributed by atoms with E-state index in [-0.39, 0.29) is 5.97 Å². The summed E-state index contributed by atoms with van der Waals surface area (Å²) in [7, 11) is 0. The summed E-state index contributed by atoms with van der Waals surface area (Å²) in [4.78, 5) is 12.2. The number of ether oxygens (including phenoxy) is 1. The minimum atomic E-state index is -0.248. The van der Waals surface area contributed by atoms with Gasteiger partial charge in [-0.15, -0.1) is 0 Å². The first kappa shape index (κ1) is 11.0. The molecule has 0 unspecified atom stereocenters. The maximum Gasteiger partial charge on any atom is 0.343 e. The number of carbonyl (C=O) groups is 1. The summed E-state index contributed by atoms with van der Waals surface area (Å²) in [5.74, 6) is 0.428. The molecule has 0 N–H and O–H groups in total. The monoisotopic (exact) mass is 238 g/mol. The van der Waals surface area contributed by atoms with E-state index in [1.165, 1.54) is 0 Å². The fourth-order valence-electron chi connectivity index (χ4n) is 2.51. The number of aryl methyl sites for hydroxylation is 2. The van der Waals surface area contributed by atoms with Crippen LogP contribution < -0.4 is 4.74 Å². The highest BCUT2D eigenvalue weighted by Crippen LogP contribution is 2.30. The SMILES string of the molecule is Cc1cc(C)c2c(c1)C(=O)Oc1ccccc1C2. The van der Waals surface area contributed by atoms with E-state index in [2.05, 4.69) is 6.07 Å². The van der Waals surface area contributed by atoms with E-state index in [0.717, 1.165) is 28.7 Å². The molecule has 0 aromatic heterocycles. The first-order chi connectivity index (χ1) is 8.65. The maximum absolute atomic E-state index is 12.2. The molecule has 0 aliphatic carbocycles. The van der Waals surface area contributed by atoms with Crippen molar-refractivity contribution in [3.8, 4) is 5.75 Å². The van der Waals surface area contributed by atoms with Crippen molar-refractivity contribution in [3.05, 3.63) is 64.2 Å². The Morgan fingerprint density at radius 1 is 1.11 bits per heavy atom. The van der Waals surface area contributed by atoms with Crippen LogP contribution in [0.2, 0.25) is 0 Å². The Morgan fingerprint density at radius 2 is 1.89 bits per heavy atom. The second-order valence-electron chi connectivity index (χ2n) is 4.78. The number of benzene rings is 2. The van der Waals surface area contributed by atoms with Gasteiger partial charge >= 0.3 is 5.97 Å². The highest BCUT2D eigenvalue weighted by molar-refractivity contribution is 5.94. The average Bonchev–Trinajstić information content (AvgIpc) is 2.47. The average molecular weight is 238 g/mol. The van der Waals surface area contributed by atoms with Crippen LogP contribution in [0, 0.1) is 13.8 Å². The van der Waals surface area contributed by atoms with Crippen LogP contribution in [0.1, 0.15) is 32.6 Å². The summed E-state index contributed by atoms with van der Waals surface area (Å²) in [6.07, 6.45) is 0.753. The highest BCUT2D eigenvalue weighted by Gasteiger charge is 2.22. The quantitative estimate of drug-likeness (QED) is 0.519. The van der Waals surface area contributed by atoms with E-state index in [4.69, 9.17) is 4.74 Å². The van der Waals surface area contributed by atoms with E-state index in [1.807, 2.05) is 44.2 Å². The van der Waals surface area contributed by atoms with Crippen molar-refractivity contribution in [2.75, 3.05) is 0 Å². The molecule has 0 atom stereocenters. The second kappa shape index (κ2) is 3.98. The van der Waals surface area contributed by atoms with Crippen molar-refractivity contribution in [1.82, 2.24) is 0 Å². The molecule has 2 aromatic rings. The summed E-state index contributed by atoms with van der Waals surface area (Å²) in [5.41, 5.74) is 5.09. The molecule has 2 heteroatoms. The zero-order chi connectivity index (χ0) is 12.7. The minimum Gasteiger partial charge on any atom is -0.423 e. The summed E-state index contributed by atoms with van der Waals surface area (Å²) in [6, 6.07) is 11.7. The van der Waals surface area contributed by atoms with Crippen molar-refractivity contribution < 1.29 is 9.53 Å². The van der Waals surface area contributed by atoms with E-state index in [0.29, 0.717) is 11.3 Å². The molecular weight excluding hydrogens is 224 g/mol. The van der Waals surface area contributed by atoms with Gasteiger partial charge in [0.05, 0.1) is 5.56 Å². The van der Waals surface area contributed by atoms with Gasteiger partial charge in [-0.25, -0.2) is 4.79 Å². The number of carbonyl (C=O) groups excluding carboxylic acids is 1. The third-order valence-corrected chi connectivity index (χ3v) is 3.38. The molecule has 2 aromatic carbocycles. The van der Waals surface area contributed by atoms with Crippen LogP contribution >= 0.6 is 0 Å². The predicted molar refractivity (Wildman–Crippen MR) is 70.1 cm³/mol. The molecule has 0 radical (unpaired) electrons. The van der Waals surface area contributed by atoms with Crippen molar-refractivity contribution in [2.45, 2.75) is 20.3 Å². The van der Waals surface area contributed by atoms with Gasteiger partial charge in [0.1, 0.15) is 5.75 Å². The van der Waals surface area contributed by atoms with Crippen molar-refractivity contribution in [1.29, 1.82) is 0 Å². The van der Waals surface area contributed by atoms with Crippen LogP contribution in [0.25, 0.3) is 0 Å². The van der Waals surface area contributed by atoms with E-state index >= 15 is 0 Å². The van der Waals surface area contributed by atoms with Crippen LogP contribution in [0.3, 0.4) is 0 Å². The van der Waals surface area contributed by atoms with E-state index < -0.39 is 0 Å². The van der Waals surface area contributed by atoms with Gasteiger partial charge in [0.2, 0.25) is 0 Å². The molecule has 18 heavy (non-hydrogen) atoms. The largest absolute Gasteiger partial charge is 0.423 e. The van der Waals surface area contributed by atoms with Gasteiger partial charge in [-0.1, -0.05) is 24.3 Å². The van der Waals surface area contributed by atoms with Crippen LogP contribution in [-0.2, 0) is 6.42 Å². The Bertz CT molecular complexity index is 642. The van der Waals surface area contributed by atoms with E-state index in [9.17, 15) is 4.79 Å². The molecule has 1 aliphatic heterocycles. The van der Waals surface area contributed by atoms with Gasteiger partial charge in [0.15, 0.2) is 0 Å². The molecule has 0 amide bonds. The fourth-order valence-corrected chi connectivity index (χ4v) is 2.51. The van der Waals surface area contributed by atoms with Gasteiger partial charge < -0.3 is 4.74 Å². The first-order valence-electron chi connectivity index (χ1n) is 6.05. The summed E-state index contributed by atoms with van der Waals surface area (Å²) >= 11 is 0. The summed E-state index contributed by atoms with van der Waals surface area (Å²) in [5, 5.41) is 0. The Labute approximate surface area is 106 Å². The van der Waals surface area contributed by atoms with Crippen LogP contribution in [0.15, 0.2) is 36.4 Å². The minimum absolute atomic E-state index is 0.248. The Balaban J connectivity index is 2.23. The molecule has 90 valence electrons. The van der Waals surface area contributed by atoms with Crippen molar-refractivity contribution >= 4 is 5.97 Å². The fraction of sp³-hybridized carbons (Fsp3) is 0.188. The zero-order valence-electron chi connectivity index (χ0n) is 10.5. The number of rotatable bonds is 0. The molecule has 3 rings (SSSR count). The lowest BCUT2D eigenvalue weighted by atomic mass is 9.94. The number of fused-ring (bicyclic) bond motifs is 2. The molecule has 0 saturated carbocycles. The van der Waals surface area contributed by atoms with Gasteiger partial charge in [-0.05, 0) is 48.2 Å². The molecule has 0 bridgehead atoms. The molecule has 0 spiro atoms. The normalized spacial score (nSPS) is 13.3. The molecule has 1 heterocycles. The molecule has 0 saturated heterocycles. The van der Waals surface area contributed by atoms with Crippen molar-refractivity contribution in [2.24, 2.45) is 0 Å². The molecule has 2 nitrogen and oxygen atoms in total. The molecular formula is C16H14O2. The number of hydrogen-bond donors (Lipinski definition) is 0. The Morgan fingerprint density at radius 3 is 2.72 bits per heavy atom. The molecule has 0 fully saturated rings. The summed E-state index contributed by atoms with van der Waals surface area (Å²) in [6.45, 7) is 4.05. The highest BCUT2D eigenvalue weighted by atomic mass is 16.5. The summed E-state index contributed by atoms with van der Waals surface area (Å²) < 4.78 is 5.45. The maximum atomic E-state index is 12.2. The van der Waals surface area contributed by atoms with Gasteiger partial charge in [-0.3, -0.25) is 0 Å². The lowest BCUT2D eigenvalue weighted by Gasteiger charge is -2.08. The van der Waals surface area contributed by atoms with Crippen LogP contribution in [-0.4, -0.2) is 5.97 Å². The Kier molecular flexibility index (Phi) is 2.44. The van der Waals surface area contributed by atoms with Crippen LogP contribution in [0.5, 0.6) is 5.75 Å². The third kappa shape index (κ3) is 1.70. The number of hydrogen-bond acceptors (Lipinski definition) is 2. The second-order valence-corrected chi connectivity index (χ2v) is 4.78. The van der Waals surface area contributed by atoms with Gasteiger partial charge in [0, 0.05) is 6.42 Å². The van der Waals surface area contributed by atoms with Gasteiger partial charge in [0.25, 0.3) is 0 Å². The van der Waals surface area contributed by atoms with E-state index in [1.54, 1.807) is 0 Å². The lowest BCUT2D eigenvalue weighted by Crippen LogP contribution is -2.10. The van der Waals surface area contributed by atoms with Crippen LogP contribution in [0.4, 0.5) is 0 Å². The standard InChI is InChI=1S/C16H14O2/c1-10-7-11(2)13-9-12-5-3-4-6-15(12)18-16(17)14(13)8-10/h3-8H,9H2,1-2H3. The topological polar surface area (TPSA) is 26.3 Å². The molecule has 1 aliphatic rings. The number of esters is 1.